The predicted molar refractivity (Wildman–Crippen MR) is 106 cm³/mol. The number of benzene rings is 1. The molecule has 1 saturated heterocycles. The molecule has 1 unspecified atom stereocenters. The van der Waals surface area contributed by atoms with Gasteiger partial charge >= 0.3 is 0 Å². The summed E-state index contributed by atoms with van der Waals surface area (Å²) in [6.07, 6.45) is 2.20. The number of likely N-dealkylation sites (tertiary alicyclic amines) is 1. The van der Waals surface area contributed by atoms with Crippen LogP contribution in [0.3, 0.4) is 0 Å². The van der Waals surface area contributed by atoms with Crippen LogP contribution in [0.5, 0.6) is 0 Å². The van der Waals surface area contributed by atoms with E-state index in [1.807, 2.05) is 13.8 Å². The van der Waals surface area contributed by atoms with Gasteiger partial charge in [0.1, 0.15) is 0 Å². The van der Waals surface area contributed by atoms with Crippen LogP contribution in [0.4, 0.5) is 0 Å². The molecule has 0 radical (unpaired) electrons. The average molecular weight is 411 g/mol. The highest BCUT2D eigenvalue weighted by atomic mass is 35.5. The van der Waals surface area contributed by atoms with Gasteiger partial charge in [-0.3, -0.25) is 9.69 Å². The first-order valence-electron chi connectivity index (χ1n) is 9.20. The Labute approximate surface area is 169 Å². The highest BCUT2D eigenvalue weighted by Gasteiger charge is 2.23. The third-order valence-corrected chi connectivity index (χ3v) is 5.23. The Bertz CT molecular complexity index is 794. The molecule has 1 amide bonds. The number of carbonyl (C=O) groups excluding carboxylic acids is 1. The summed E-state index contributed by atoms with van der Waals surface area (Å²) in [7, 11) is 0. The number of hydrogen-bond acceptors (Lipinski definition) is 5. The Morgan fingerprint density at radius 1 is 1.37 bits per heavy atom. The van der Waals surface area contributed by atoms with Gasteiger partial charge in [0.05, 0.1) is 17.1 Å². The molecule has 27 heavy (non-hydrogen) atoms. The molecular formula is C19H24Cl2N4O2. The van der Waals surface area contributed by atoms with Gasteiger partial charge in [-0.15, -0.1) is 10.2 Å². The summed E-state index contributed by atoms with van der Waals surface area (Å²) in [6.45, 7) is 6.99. The number of carbonyl (C=O) groups is 1. The van der Waals surface area contributed by atoms with Crippen molar-refractivity contribution in [1.29, 1.82) is 0 Å². The molecule has 0 saturated carbocycles. The van der Waals surface area contributed by atoms with Crippen molar-refractivity contribution in [2.45, 2.75) is 33.2 Å². The maximum absolute atomic E-state index is 11.8. The quantitative estimate of drug-likeness (QED) is 0.777. The molecule has 0 bridgehead atoms. The van der Waals surface area contributed by atoms with Crippen molar-refractivity contribution in [2.75, 3.05) is 19.6 Å². The van der Waals surface area contributed by atoms with Gasteiger partial charge in [-0.25, -0.2) is 0 Å². The summed E-state index contributed by atoms with van der Waals surface area (Å²) in [5, 5.41) is 12.3. The van der Waals surface area contributed by atoms with Crippen LogP contribution in [0, 0.1) is 11.8 Å². The van der Waals surface area contributed by atoms with Crippen LogP contribution in [-0.4, -0.2) is 40.6 Å². The van der Waals surface area contributed by atoms with Crippen LogP contribution in [-0.2, 0) is 11.3 Å². The summed E-state index contributed by atoms with van der Waals surface area (Å²) in [4.78, 5) is 14.1. The molecule has 1 atom stereocenters. The van der Waals surface area contributed by atoms with E-state index in [1.54, 1.807) is 18.2 Å². The van der Waals surface area contributed by atoms with E-state index in [2.05, 4.69) is 20.4 Å². The minimum Gasteiger partial charge on any atom is -0.419 e. The zero-order chi connectivity index (χ0) is 19.4. The monoisotopic (exact) mass is 410 g/mol. The van der Waals surface area contributed by atoms with Crippen LogP contribution in [0.25, 0.3) is 11.5 Å². The molecular weight excluding hydrogens is 387 g/mol. The molecule has 3 rings (SSSR count). The molecule has 2 aromatic rings. The van der Waals surface area contributed by atoms with E-state index in [4.69, 9.17) is 27.6 Å². The van der Waals surface area contributed by atoms with Gasteiger partial charge in [0.15, 0.2) is 0 Å². The lowest BCUT2D eigenvalue weighted by atomic mass is 9.98. The first-order valence-corrected chi connectivity index (χ1v) is 9.96. The van der Waals surface area contributed by atoms with Gasteiger partial charge < -0.3 is 9.73 Å². The second-order valence-electron chi connectivity index (χ2n) is 7.27. The fourth-order valence-corrected chi connectivity index (χ4v) is 3.68. The first-order chi connectivity index (χ1) is 12.9. The minimum atomic E-state index is 0.0150. The number of amides is 1. The van der Waals surface area contributed by atoms with Gasteiger partial charge in [0, 0.05) is 24.0 Å². The highest BCUT2D eigenvalue weighted by Crippen LogP contribution is 2.29. The van der Waals surface area contributed by atoms with Gasteiger partial charge in [0.2, 0.25) is 17.7 Å². The SMILES string of the molecule is CC(C)C(=O)NCC1CCCN(Cc2nnc(-c3ccc(Cl)cc3Cl)o2)C1. The standard InChI is InChI=1S/C19H24Cl2N4O2/c1-12(2)18(26)22-9-13-4-3-7-25(10-13)11-17-23-24-19(27-17)15-6-5-14(20)8-16(15)21/h5-6,8,12-13H,3-4,7,9-11H2,1-2H3,(H,22,26). The minimum absolute atomic E-state index is 0.0150. The van der Waals surface area contributed by atoms with Crippen molar-refractivity contribution >= 4 is 29.1 Å². The summed E-state index contributed by atoms with van der Waals surface area (Å²) in [5.41, 5.74) is 0.674. The van der Waals surface area contributed by atoms with Crippen LogP contribution < -0.4 is 5.32 Å². The molecule has 1 aliphatic rings. The van der Waals surface area contributed by atoms with E-state index in [1.165, 1.54) is 0 Å². The Hall–Kier alpha value is -1.63. The third-order valence-electron chi connectivity index (χ3n) is 4.68. The Kier molecular flexibility index (Phi) is 6.73. The average Bonchev–Trinajstić information content (AvgIpc) is 3.08. The molecule has 0 spiro atoms. The highest BCUT2D eigenvalue weighted by molar-refractivity contribution is 6.36. The smallest absolute Gasteiger partial charge is 0.249 e. The van der Waals surface area contributed by atoms with E-state index in [9.17, 15) is 4.79 Å². The predicted octanol–water partition coefficient (Wildman–Crippen LogP) is 4.03. The largest absolute Gasteiger partial charge is 0.419 e. The lowest BCUT2D eigenvalue weighted by Crippen LogP contribution is -2.41. The molecule has 146 valence electrons. The van der Waals surface area contributed by atoms with Gasteiger partial charge in [-0.05, 0) is 43.5 Å². The lowest BCUT2D eigenvalue weighted by Gasteiger charge is -2.31. The molecule has 6 nitrogen and oxygen atoms in total. The van der Waals surface area contributed by atoms with Crippen molar-refractivity contribution in [3.63, 3.8) is 0 Å². The summed E-state index contributed by atoms with van der Waals surface area (Å²) in [6, 6.07) is 5.17. The van der Waals surface area contributed by atoms with Gasteiger partial charge in [-0.2, -0.15) is 0 Å². The molecule has 2 heterocycles. The van der Waals surface area contributed by atoms with Gasteiger partial charge in [-0.1, -0.05) is 37.0 Å². The fraction of sp³-hybridized carbons (Fsp3) is 0.526. The van der Waals surface area contributed by atoms with Crippen LogP contribution in [0.15, 0.2) is 22.6 Å². The number of piperidine rings is 1. The number of aromatic nitrogens is 2. The molecule has 8 heteroatoms. The number of hydrogen-bond donors (Lipinski definition) is 1. The number of rotatable bonds is 6. The normalized spacial score (nSPS) is 18.0. The summed E-state index contributed by atoms with van der Waals surface area (Å²) >= 11 is 12.1. The Morgan fingerprint density at radius 3 is 2.93 bits per heavy atom. The van der Waals surface area contributed by atoms with Crippen LogP contribution in [0.1, 0.15) is 32.6 Å². The Balaban J connectivity index is 1.57. The number of nitrogens with zero attached hydrogens (tertiary/aromatic N) is 3. The maximum Gasteiger partial charge on any atom is 0.249 e. The molecule has 1 aromatic heterocycles. The van der Waals surface area contributed by atoms with E-state index < -0.39 is 0 Å². The summed E-state index contributed by atoms with van der Waals surface area (Å²) < 4.78 is 5.80. The maximum atomic E-state index is 11.8. The molecule has 1 aromatic carbocycles. The van der Waals surface area contributed by atoms with Crippen molar-refractivity contribution in [3.05, 3.63) is 34.1 Å². The zero-order valence-corrected chi connectivity index (χ0v) is 17.1. The lowest BCUT2D eigenvalue weighted by molar-refractivity contribution is -0.124. The Morgan fingerprint density at radius 2 is 2.19 bits per heavy atom. The summed E-state index contributed by atoms with van der Waals surface area (Å²) in [5.74, 6) is 1.51. The zero-order valence-electron chi connectivity index (χ0n) is 15.5. The van der Waals surface area contributed by atoms with Gasteiger partial charge in [0.25, 0.3) is 0 Å². The topological polar surface area (TPSA) is 71.3 Å². The van der Waals surface area contributed by atoms with E-state index >= 15 is 0 Å². The molecule has 1 fully saturated rings. The van der Waals surface area contributed by atoms with Crippen molar-refractivity contribution in [3.8, 4) is 11.5 Å². The van der Waals surface area contributed by atoms with Crippen LogP contribution in [0.2, 0.25) is 10.0 Å². The third kappa shape index (κ3) is 5.43. The first kappa shape index (κ1) is 20.1. The van der Waals surface area contributed by atoms with Crippen LogP contribution >= 0.6 is 23.2 Å². The molecule has 0 aliphatic carbocycles. The van der Waals surface area contributed by atoms with Crippen molar-refractivity contribution < 1.29 is 9.21 Å². The molecule has 1 aliphatic heterocycles. The number of halogens is 2. The second-order valence-corrected chi connectivity index (χ2v) is 8.11. The molecule has 1 N–H and O–H groups in total. The van der Waals surface area contributed by atoms with E-state index in [0.29, 0.717) is 46.4 Å². The number of nitrogens with one attached hydrogen (secondary N) is 1. The van der Waals surface area contributed by atoms with Crippen molar-refractivity contribution in [1.82, 2.24) is 20.4 Å². The second kappa shape index (κ2) is 9.04. The fourth-order valence-electron chi connectivity index (χ4n) is 3.19. The van der Waals surface area contributed by atoms with E-state index in [-0.39, 0.29) is 11.8 Å². The van der Waals surface area contributed by atoms with E-state index in [0.717, 1.165) is 25.9 Å². The van der Waals surface area contributed by atoms with Crippen molar-refractivity contribution in [2.24, 2.45) is 11.8 Å².